The maximum absolute atomic E-state index is 12.0. The number of nitrogens with two attached hydrogens (primary N) is 1. The van der Waals surface area contributed by atoms with E-state index in [1.165, 1.54) is 18.2 Å². The first kappa shape index (κ1) is 15.1. The number of hydrogen-bond donors (Lipinski definition) is 2. The van der Waals surface area contributed by atoms with E-state index in [9.17, 15) is 16.8 Å². The van der Waals surface area contributed by atoms with Crippen LogP contribution in [0.15, 0.2) is 34.1 Å². The maximum Gasteiger partial charge on any atom is 0.241 e. The summed E-state index contributed by atoms with van der Waals surface area (Å²) >= 11 is 0. The Morgan fingerprint density at radius 3 is 2.00 bits per heavy atom. The zero-order chi connectivity index (χ0) is 14.2. The summed E-state index contributed by atoms with van der Waals surface area (Å²) in [4.78, 5) is -0.372. The summed E-state index contributed by atoms with van der Waals surface area (Å²) in [7, 11) is -7.69. The van der Waals surface area contributed by atoms with Crippen molar-refractivity contribution >= 4 is 20.0 Å². The van der Waals surface area contributed by atoms with Crippen molar-refractivity contribution in [1.82, 2.24) is 4.72 Å². The minimum atomic E-state index is -3.92. The molecule has 0 heterocycles. The Morgan fingerprint density at radius 1 is 1.06 bits per heavy atom. The molecule has 1 rings (SSSR count). The van der Waals surface area contributed by atoms with E-state index in [2.05, 4.69) is 4.72 Å². The van der Waals surface area contributed by atoms with Gasteiger partial charge in [0.2, 0.25) is 20.0 Å². The molecule has 0 saturated heterocycles. The molecular formula is C10H16N2O4S2. The Hall–Kier alpha value is -0.960. The van der Waals surface area contributed by atoms with E-state index in [0.717, 1.165) is 6.07 Å². The SMILES string of the molecule is CC(C)(C)NS(=O)(=O)c1cccc(S(N)(=O)=O)c1. The van der Waals surface area contributed by atoms with E-state index < -0.39 is 25.6 Å². The minimum Gasteiger partial charge on any atom is -0.225 e. The Balaban J connectivity index is 3.28. The van der Waals surface area contributed by atoms with Gasteiger partial charge in [0.05, 0.1) is 9.79 Å². The smallest absolute Gasteiger partial charge is 0.225 e. The Morgan fingerprint density at radius 2 is 1.56 bits per heavy atom. The van der Waals surface area contributed by atoms with Crippen LogP contribution in [0.3, 0.4) is 0 Å². The standard InChI is InChI=1S/C10H16N2O4S2/c1-10(2,3)12-18(15,16)9-6-4-5-8(7-9)17(11,13)14/h4-7,12H,1-3H3,(H2,11,13,14). The van der Waals surface area contributed by atoms with Gasteiger partial charge in [0, 0.05) is 5.54 Å². The average molecular weight is 292 g/mol. The van der Waals surface area contributed by atoms with Gasteiger partial charge in [0.25, 0.3) is 0 Å². The lowest BCUT2D eigenvalue weighted by atomic mass is 10.1. The van der Waals surface area contributed by atoms with Crippen LogP contribution in [0.2, 0.25) is 0 Å². The highest BCUT2D eigenvalue weighted by atomic mass is 32.2. The third kappa shape index (κ3) is 4.05. The van der Waals surface area contributed by atoms with Gasteiger partial charge in [-0.1, -0.05) is 6.07 Å². The van der Waals surface area contributed by atoms with Gasteiger partial charge < -0.3 is 0 Å². The first-order valence-electron chi connectivity index (χ1n) is 5.09. The number of hydrogen-bond acceptors (Lipinski definition) is 4. The highest BCUT2D eigenvalue weighted by Gasteiger charge is 2.23. The molecule has 0 radical (unpaired) electrons. The first-order chi connectivity index (χ1) is 7.92. The molecule has 1 aromatic rings. The Labute approximate surface area is 107 Å². The largest absolute Gasteiger partial charge is 0.241 e. The molecule has 3 N–H and O–H groups in total. The van der Waals surface area contributed by atoms with Gasteiger partial charge in [-0.05, 0) is 39.0 Å². The summed E-state index contributed by atoms with van der Waals surface area (Å²) in [5.74, 6) is 0. The predicted molar refractivity (Wildman–Crippen MR) is 67.9 cm³/mol. The molecule has 0 fully saturated rings. The average Bonchev–Trinajstić information content (AvgIpc) is 2.13. The Kier molecular flexibility index (Phi) is 3.87. The van der Waals surface area contributed by atoms with Gasteiger partial charge in [-0.2, -0.15) is 0 Å². The molecule has 0 aliphatic rings. The molecule has 0 unspecified atom stereocenters. The molecule has 102 valence electrons. The lowest BCUT2D eigenvalue weighted by Gasteiger charge is -2.20. The van der Waals surface area contributed by atoms with Crippen LogP contribution < -0.4 is 9.86 Å². The van der Waals surface area contributed by atoms with Crippen LogP contribution in [0, 0.1) is 0 Å². The van der Waals surface area contributed by atoms with E-state index in [0.29, 0.717) is 0 Å². The number of nitrogens with one attached hydrogen (secondary N) is 1. The van der Waals surface area contributed by atoms with Crippen molar-refractivity contribution in [3.05, 3.63) is 24.3 Å². The van der Waals surface area contributed by atoms with Gasteiger partial charge in [0.1, 0.15) is 0 Å². The van der Waals surface area contributed by atoms with Crippen LogP contribution >= 0.6 is 0 Å². The second-order valence-corrected chi connectivity index (χ2v) is 8.12. The molecule has 0 aliphatic carbocycles. The van der Waals surface area contributed by atoms with Crippen molar-refractivity contribution in [3.63, 3.8) is 0 Å². The molecule has 18 heavy (non-hydrogen) atoms. The lowest BCUT2D eigenvalue weighted by molar-refractivity contribution is 0.491. The fourth-order valence-electron chi connectivity index (χ4n) is 1.28. The highest BCUT2D eigenvalue weighted by molar-refractivity contribution is 7.90. The van der Waals surface area contributed by atoms with Gasteiger partial charge in [-0.25, -0.2) is 26.7 Å². The number of rotatable bonds is 3. The van der Waals surface area contributed by atoms with Crippen LogP contribution in [-0.4, -0.2) is 22.4 Å². The molecule has 6 nitrogen and oxygen atoms in total. The fraction of sp³-hybridized carbons (Fsp3) is 0.400. The highest BCUT2D eigenvalue weighted by Crippen LogP contribution is 2.16. The van der Waals surface area contributed by atoms with Crippen molar-refractivity contribution in [2.24, 2.45) is 5.14 Å². The molecule has 0 spiro atoms. The second-order valence-electron chi connectivity index (χ2n) is 4.88. The predicted octanol–water partition coefficient (Wildman–Crippen LogP) is 0.411. The van der Waals surface area contributed by atoms with Crippen molar-refractivity contribution < 1.29 is 16.8 Å². The van der Waals surface area contributed by atoms with E-state index in [1.807, 2.05) is 0 Å². The van der Waals surface area contributed by atoms with E-state index >= 15 is 0 Å². The van der Waals surface area contributed by atoms with Crippen LogP contribution in [0.4, 0.5) is 0 Å². The molecule has 0 aromatic heterocycles. The van der Waals surface area contributed by atoms with Gasteiger partial charge >= 0.3 is 0 Å². The third-order valence-electron chi connectivity index (χ3n) is 1.88. The maximum atomic E-state index is 12.0. The van der Waals surface area contributed by atoms with Crippen LogP contribution in [0.25, 0.3) is 0 Å². The third-order valence-corrected chi connectivity index (χ3v) is 4.55. The van der Waals surface area contributed by atoms with E-state index in [1.54, 1.807) is 20.8 Å². The zero-order valence-electron chi connectivity index (χ0n) is 10.3. The van der Waals surface area contributed by atoms with Crippen molar-refractivity contribution in [2.45, 2.75) is 36.1 Å². The fourth-order valence-corrected chi connectivity index (χ4v) is 3.38. The zero-order valence-corrected chi connectivity index (χ0v) is 12.0. The quantitative estimate of drug-likeness (QED) is 0.841. The van der Waals surface area contributed by atoms with Crippen LogP contribution in [0.5, 0.6) is 0 Å². The number of primary sulfonamides is 1. The van der Waals surface area contributed by atoms with Crippen LogP contribution in [-0.2, 0) is 20.0 Å². The van der Waals surface area contributed by atoms with Crippen molar-refractivity contribution in [3.8, 4) is 0 Å². The number of benzene rings is 1. The summed E-state index contributed by atoms with van der Waals surface area (Å²) in [5, 5.41) is 4.95. The molecule has 0 aliphatic heterocycles. The van der Waals surface area contributed by atoms with E-state index in [-0.39, 0.29) is 9.79 Å². The molecule has 0 atom stereocenters. The Bertz CT molecular complexity index is 643. The van der Waals surface area contributed by atoms with E-state index in [4.69, 9.17) is 5.14 Å². The van der Waals surface area contributed by atoms with Crippen molar-refractivity contribution in [1.29, 1.82) is 0 Å². The van der Waals surface area contributed by atoms with Crippen molar-refractivity contribution in [2.75, 3.05) is 0 Å². The molecular weight excluding hydrogens is 276 g/mol. The first-order valence-corrected chi connectivity index (χ1v) is 8.12. The summed E-state index contributed by atoms with van der Waals surface area (Å²) in [6.45, 7) is 5.07. The minimum absolute atomic E-state index is 0.135. The molecule has 0 amide bonds. The van der Waals surface area contributed by atoms with Gasteiger partial charge in [0.15, 0.2) is 0 Å². The summed E-state index contributed by atoms with van der Waals surface area (Å²) in [5.41, 5.74) is -0.656. The second kappa shape index (κ2) is 4.61. The molecule has 8 heteroatoms. The molecule has 0 bridgehead atoms. The summed E-state index contributed by atoms with van der Waals surface area (Å²) in [6, 6.07) is 4.91. The van der Waals surface area contributed by atoms with Gasteiger partial charge in [-0.15, -0.1) is 0 Å². The topological polar surface area (TPSA) is 106 Å². The summed E-state index contributed by atoms with van der Waals surface area (Å²) < 4.78 is 48.7. The van der Waals surface area contributed by atoms with Crippen LogP contribution in [0.1, 0.15) is 20.8 Å². The lowest BCUT2D eigenvalue weighted by Crippen LogP contribution is -2.40. The normalized spacial score (nSPS) is 13.6. The monoisotopic (exact) mass is 292 g/mol. The number of sulfonamides is 2. The molecule has 0 saturated carbocycles. The van der Waals surface area contributed by atoms with Gasteiger partial charge in [-0.3, -0.25) is 0 Å². The summed E-state index contributed by atoms with van der Waals surface area (Å²) in [6.07, 6.45) is 0. The molecule has 1 aromatic carbocycles.